The zero-order valence-electron chi connectivity index (χ0n) is 15.1. The lowest BCUT2D eigenvalue weighted by Gasteiger charge is -2.11. The standard InChI is InChI=1S/C22H21N3O2/c1-13-18(14-5-3-2-4-6-14)12-19(21(26)24-13)22(27)25-16-8-9-17-15(11-16)7-10-20(17)23/h2-6,8-9,11-12,20H,7,10,23H2,1H3,(H,24,26)(H,25,27)/t20-/m0/s1. The van der Waals surface area contributed by atoms with Crippen LogP contribution in [0.3, 0.4) is 0 Å². The van der Waals surface area contributed by atoms with Gasteiger partial charge in [0, 0.05) is 23.0 Å². The molecule has 0 radical (unpaired) electrons. The zero-order chi connectivity index (χ0) is 19.0. The van der Waals surface area contributed by atoms with E-state index in [1.165, 1.54) is 0 Å². The van der Waals surface area contributed by atoms with Crippen molar-refractivity contribution in [2.75, 3.05) is 5.32 Å². The van der Waals surface area contributed by atoms with E-state index < -0.39 is 11.5 Å². The first-order valence-electron chi connectivity index (χ1n) is 9.02. The van der Waals surface area contributed by atoms with Crippen molar-refractivity contribution in [3.63, 3.8) is 0 Å². The molecule has 1 heterocycles. The van der Waals surface area contributed by atoms with Gasteiger partial charge in [-0.1, -0.05) is 36.4 Å². The van der Waals surface area contributed by atoms with Crippen LogP contribution in [-0.2, 0) is 6.42 Å². The second-order valence-electron chi connectivity index (χ2n) is 6.93. The van der Waals surface area contributed by atoms with Gasteiger partial charge < -0.3 is 16.0 Å². The summed E-state index contributed by atoms with van der Waals surface area (Å²) in [5.41, 5.74) is 11.2. The molecule has 0 spiro atoms. The third-order valence-corrected chi connectivity index (χ3v) is 5.09. The lowest BCUT2D eigenvalue weighted by atomic mass is 10.0. The minimum atomic E-state index is -0.421. The van der Waals surface area contributed by atoms with Crippen LogP contribution in [0, 0.1) is 6.92 Å². The van der Waals surface area contributed by atoms with E-state index in [0.717, 1.165) is 40.8 Å². The van der Waals surface area contributed by atoms with Gasteiger partial charge in [0.15, 0.2) is 0 Å². The topological polar surface area (TPSA) is 88.0 Å². The Bertz CT molecular complexity index is 1070. The highest BCUT2D eigenvalue weighted by Gasteiger charge is 2.20. The molecule has 2 aromatic carbocycles. The third-order valence-electron chi connectivity index (χ3n) is 5.09. The van der Waals surface area contributed by atoms with Crippen LogP contribution >= 0.6 is 0 Å². The molecule has 0 unspecified atom stereocenters. The van der Waals surface area contributed by atoms with Gasteiger partial charge in [-0.3, -0.25) is 9.59 Å². The SMILES string of the molecule is Cc1[nH]c(=O)c(C(=O)Nc2ccc3c(c2)CC[C@@H]3N)cc1-c1ccccc1. The average molecular weight is 359 g/mol. The van der Waals surface area contributed by atoms with Gasteiger partial charge >= 0.3 is 0 Å². The Labute approximate surface area is 157 Å². The molecule has 1 aromatic heterocycles. The number of rotatable bonds is 3. The quantitative estimate of drug-likeness (QED) is 0.668. The van der Waals surface area contributed by atoms with E-state index in [-0.39, 0.29) is 11.6 Å². The normalized spacial score (nSPS) is 15.4. The lowest BCUT2D eigenvalue weighted by molar-refractivity contribution is 0.102. The number of carbonyl (C=O) groups excluding carboxylic acids is 1. The van der Waals surface area contributed by atoms with Crippen molar-refractivity contribution >= 4 is 11.6 Å². The number of amides is 1. The summed E-state index contributed by atoms with van der Waals surface area (Å²) in [4.78, 5) is 27.9. The van der Waals surface area contributed by atoms with Crippen LogP contribution in [0.5, 0.6) is 0 Å². The number of nitrogens with one attached hydrogen (secondary N) is 2. The Kier molecular flexibility index (Phi) is 4.38. The first-order valence-corrected chi connectivity index (χ1v) is 9.02. The summed E-state index contributed by atoms with van der Waals surface area (Å²) in [6, 6.07) is 17.1. The minimum absolute atomic E-state index is 0.0677. The molecule has 5 nitrogen and oxygen atoms in total. The van der Waals surface area contributed by atoms with Crippen LogP contribution in [0.4, 0.5) is 5.69 Å². The fourth-order valence-electron chi connectivity index (χ4n) is 3.64. The number of benzene rings is 2. The Hall–Kier alpha value is -3.18. The second-order valence-corrected chi connectivity index (χ2v) is 6.93. The van der Waals surface area contributed by atoms with Gasteiger partial charge in [-0.25, -0.2) is 0 Å². The monoisotopic (exact) mass is 359 g/mol. The second kappa shape index (κ2) is 6.85. The van der Waals surface area contributed by atoms with Gasteiger partial charge in [-0.15, -0.1) is 0 Å². The number of hydrogen-bond acceptors (Lipinski definition) is 3. The maximum Gasteiger partial charge on any atom is 0.261 e. The van der Waals surface area contributed by atoms with Gasteiger partial charge in [-0.2, -0.15) is 0 Å². The van der Waals surface area contributed by atoms with Crippen molar-refractivity contribution in [1.82, 2.24) is 4.98 Å². The summed E-state index contributed by atoms with van der Waals surface area (Å²) in [7, 11) is 0. The van der Waals surface area contributed by atoms with Crippen molar-refractivity contribution in [2.24, 2.45) is 5.73 Å². The van der Waals surface area contributed by atoms with E-state index in [0.29, 0.717) is 5.69 Å². The third kappa shape index (κ3) is 3.29. The molecule has 1 aliphatic carbocycles. The Balaban J connectivity index is 1.65. The molecule has 0 fully saturated rings. The Morgan fingerprint density at radius 2 is 1.93 bits per heavy atom. The van der Waals surface area contributed by atoms with Gasteiger partial charge in [-0.05, 0) is 54.7 Å². The summed E-state index contributed by atoms with van der Waals surface area (Å²) >= 11 is 0. The molecule has 5 heteroatoms. The number of anilines is 1. The number of carbonyl (C=O) groups is 1. The minimum Gasteiger partial charge on any atom is -0.325 e. The molecule has 136 valence electrons. The van der Waals surface area contributed by atoms with E-state index in [1.54, 1.807) is 6.07 Å². The van der Waals surface area contributed by atoms with Crippen LogP contribution in [0.25, 0.3) is 11.1 Å². The van der Waals surface area contributed by atoms with Gasteiger partial charge in [0.25, 0.3) is 11.5 Å². The van der Waals surface area contributed by atoms with Crippen LogP contribution in [0.1, 0.15) is 39.6 Å². The van der Waals surface area contributed by atoms with Crippen molar-refractivity contribution in [2.45, 2.75) is 25.8 Å². The molecule has 27 heavy (non-hydrogen) atoms. The molecule has 0 saturated carbocycles. The maximum absolute atomic E-state index is 12.7. The number of aromatic nitrogens is 1. The van der Waals surface area contributed by atoms with Crippen molar-refractivity contribution in [3.8, 4) is 11.1 Å². The molecular weight excluding hydrogens is 338 g/mol. The predicted octanol–water partition coefficient (Wildman–Crippen LogP) is 3.55. The lowest BCUT2D eigenvalue weighted by Crippen LogP contribution is -2.24. The number of aromatic amines is 1. The highest BCUT2D eigenvalue weighted by Crippen LogP contribution is 2.31. The van der Waals surface area contributed by atoms with Crippen molar-refractivity contribution in [3.05, 3.63) is 87.3 Å². The average Bonchev–Trinajstić information content (AvgIpc) is 3.03. The maximum atomic E-state index is 12.7. The summed E-state index contributed by atoms with van der Waals surface area (Å²) in [5.74, 6) is -0.421. The van der Waals surface area contributed by atoms with E-state index in [2.05, 4.69) is 10.3 Å². The smallest absolute Gasteiger partial charge is 0.261 e. The summed E-state index contributed by atoms with van der Waals surface area (Å²) in [6.45, 7) is 1.83. The number of nitrogens with two attached hydrogens (primary N) is 1. The van der Waals surface area contributed by atoms with Gasteiger partial charge in [0.1, 0.15) is 5.56 Å². The van der Waals surface area contributed by atoms with E-state index in [1.807, 2.05) is 55.5 Å². The highest BCUT2D eigenvalue weighted by molar-refractivity contribution is 6.04. The number of hydrogen-bond donors (Lipinski definition) is 3. The summed E-state index contributed by atoms with van der Waals surface area (Å²) in [6.07, 6.45) is 1.83. The van der Waals surface area contributed by atoms with E-state index in [9.17, 15) is 9.59 Å². The van der Waals surface area contributed by atoms with Crippen LogP contribution in [0.2, 0.25) is 0 Å². The molecule has 4 rings (SSSR count). The highest BCUT2D eigenvalue weighted by atomic mass is 16.2. The van der Waals surface area contributed by atoms with Crippen molar-refractivity contribution < 1.29 is 4.79 Å². The molecule has 1 atom stereocenters. The molecule has 0 aliphatic heterocycles. The van der Waals surface area contributed by atoms with Gasteiger partial charge in [0.2, 0.25) is 0 Å². The molecule has 1 aliphatic rings. The van der Waals surface area contributed by atoms with Crippen molar-refractivity contribution in [1.29, 1.82) is 0 Å². The first kappa shape index (κ1) is 17.2. The molecule has 1 amide bonds. The molecule has 3 aromatic rings. The zero-order valence-corrected chi connectivity index (χ0v) is 15.1. The summed E-state index contributed by atoms with van der Waals surface area (Å²) in [5, 5.41) is 2.84. The van der Waals surface area contributed by atoms with Crippen LogP contribution < -0.4 is 16.6 Å². The Morgan fingerprint density at radius 3 is 2.70 bits per heavy atom. The first-order chi connectivity index (χ1) is 13.0. The fourth-order valence-corrected chi connectivity index (χ4v) is 3.64. The number of H-pyrrole nitrogens is 1. The Morgan fingerprint density at radius 1 is 1.15 bits per heavy atom. The van der Waals surface area contributed by atoms with E-state index >= 15 is 0 Å². The van der Waals surface area contributed by atoms with Crippen LogP contribution in [-0.4, -0.2) is 10.9 Å². The van der Waals surface area contributed by atoms with Crippen LogP contribution in [0.15, 0.2) is 59.4 Å². The fraction of sp³-hybridized carbons (Fsp3) is 0.182. The molecule has 0 bridgehead atoms. The number of fused-ring (bicyclic) bond motifs is 1. The molecule has 4 N–H and O–H groups in total. The molecule has 0 saturated heterocycles. The van der Waals surface area contributed by atoms with E-state index in [4.69, 9.17) is 5.73 Å². The van der Waals surface area contributed by atoms with Gasteiger partial charge in [0.05, 0.1) is 0 Å². The number of pyridine rings is 1. The number of aryl methyl sites for hydroxylation is 2. The molecular formula is C22H21N3O2. The largest absolute Gasteiger partial charge is 0.325 e. The summed E-state index contributed by atoms with van der Waals surface area (Å²) < 4.78 is 0. The predicted molar refractivity (Wildman–Crippen MR) is 107 cm³/mol.